The standard InChI is InChI=1S/C8H14O2/c1-6(10)8-4-2-3-7(8)5-9/h2,4,6-10H,3,5H2,1H3. The fraction of sp³-hybridized carbons (Fsp3) is 0.750. The van der Waals surface area contributed by atoms with Gasteiger partial charge in [-0.25, -0.2) is 0 Å². The monoisotopic (exact) mass is 142 g/mol. The van der Waals surface area contributed by atoms with Gasteiger partial charge < -0.3 is 10.2 Å². The molecule has 58 valence electrons. The summed E-state index contributed by atoms with van der Waals surface area (Å²) in [6.45, 7) is 1.95. The van der Waals surface area contributed by atoms with E-state index in [4.69, 9.17) is 5.11 Å². The van der Waals surface area contributed by atoms with E-state index in [9.17, 15) is 5.11 Å². The lowest BCUT2D eigenvalue weighted by Crippen LogP contribution is -2.22. The topological polar surface area (TPSA) is 40.5 Å². The minimum Gasteiger partial charge on any atom is -0.396 e. The van der Waals surface area contributed by atoms with Crippen molar-refractivity contribution in [1.29, 1.82) is 0 Å². The zero-order valence-electron chi connectivity index (χ0n) is 6.20. The molecule has 0 aliphatic heterocycles. The molecule has 2 nitrogen and oxygen atoms in total. The molecule has 2 N–H and O–H groups in total. The smallest absolute Gasteiger partial charge is 0.0578 e. The van der Waals surface area contributed by atoms with Crippen LogP contribution in [0.15, 0.2) is 12.2 Å². The second kappa shape index (κ2) is 3.17. The molecule has 2 heteroatoms. The van der Waals surface area contributed by atoms with Crippen LogP contribution in [-0.2, 0) is 0 Å². The summed E-state index contributed by atoms with van der Waals surface area (Å²) in [7, 11) is 0. The average Bonchev–Trinajstić information content (AvgIpc) is 2.33. The Morgan fingerprint density at radius 1 is 1.70 bits per heavy atom. The molecule has 1 aliphatic rings. The molecule has 1 rings (SSSR count). The summed E-state index contributed by atoms with van der Waals surface area (Å²) in [6, 6.07) is 0. The van der Waals surface area contributed by atoms with Crippen molar-refractivity contribution in [1.82, 2.24) is 0 Å². The van der Waals surface area contributed by atoms with Gasteiger partial charge >= 0.3 is 0 Å². The number of hydrogen-bond acceptors (Lipinski definition) is 2. The van der Waals surface area contributed by atoms with Gasteiger partial charge in [0.15, 0.2) is 0 Å². The summed E-state index contributed by atoms with van der Waals surface area (Å²) < 4.78 is 0. The number of allylic oxidation sites excluding steroid dienone is 1. The maximum Gasteiger partial charge on any atom is 0.0578 e. The molecule has 10 heavy (non-hydrogen) atoms. The Bertz CT molecular complexity index is 129. The normalized spacial score (nSPS) is 34.7. The van der Waals surface area contributed by atoms with Gasteiger partial charge in [0.25, 0.3) is 0 Å². The van der Waals surface area contributed by atoms with Gasteiger partial charge in [0.2, 0.25) is 0 Å². The van der Waals surface area contributed by atoms with Crippen molar-refractivity contribution in [2.24, 2.45) is 11.8 Å². The van der Waals surface area contributed by atoms with Crippen LogP contribution in [0.4, 0.5) is 0 Å². The Morgan fingerprint density at radius 3 is 2.80 bits per heavy atom. The zero-order valence-corrected chi connectivity index (χ0v) is 6.20. The molecule has 0 saturated heterocycles. The molecule has 3 unspecified atom stereocenters. The van der Waals surface area contributed by atoms with Crippen LogP contribution < -0.4 is 0 Å². The molecule has 3 atom stereocenters. The van der Waals surface area contributed by atoms with Crippen LogP contribution in [0.25, 0.3) is 0 Å². The first-order chi connectivity index (χ1) is 4.75. The van der Waals surface area contributed by atoms with E-state index in [1.165, 1.54) is 0 Å². The van der Waals surface area contributed by atoms with E-state index >= 15 is 0 Å². The van der Waals surface area contributed by atoms with Crippen LogP contribution in [0.5, 0.6) is 0 Å². The third-order valence-electron chi connectivity index (χ3n) is 2.13. The van der Waals surface area contributed by atoms with Crippen LogP contribution in [0.1, 0.15) is 13.3 Å². The van der Waals surface area contributed by atoms with E-state index in [0.29, 0.717) is 0 Å². The minimum atomic E-state index is -0.323. The predicted molar refractivity (Wildman–Crippen MR) is 39.5 cm³/mol. The molecule has 0 saturated carbocycles. The lowest BCUT2D eigenvalue weighted by atomic mass is 9.92. The number of aliphatic hydroxyl groups is 2. The van der Waals surface area contributed by atoms with Gasteiger partial charge in [0.05, 0.1) is 6.10 Å². The molecule has 0 heterocycles. The van der Waals surface area contributed by atoms with E-state index in [1.807, 2.05) is 12.2 Å². The van der Waals surface area contributed by atoms with E-state index < -0.39 is 0 Å². The third kappa shape index (κ3) is 1.39. The van der Waals surface area contributed by atoms with E-state index in [0.717, 1.165) is 6.42 Å². The quantitative estimate of drug-likeness (QED) is 0.553. The molecule has 1 aliphatic carbocycles. The largest absolute Gasteiger partial charge is 0.396 e. The lowest BCUT2D eigenvalue weighted by Gasteiger charge is -2.18. The highest BCUT2D eigenvalue weighted by Gasteiger charge is 2.25. The summed E-state index contributed by atoms with van der Waals surface area (Å²) in [5, 5.41) is 18.0. The maximum absolute atomic E-state index is 9.19. The molecular formula is C8H14O2. The Balaban J connectivity index is 2.49. The van der Waals surface area contributed by atoms with Crippen molar-refractivity contribution >= 4 is 0 Å². The minimum absolute atomic E-state index is 0.171. The summed E-state index contributed by atoms with van der Waals surface area (Å²) in [4.78, 5) is 0. The summed E-state index contributed by atoms with van der Waals surface area (Å²) >= 11 is 0. The second-order valence-corrected chi connectivity index (χ2v) is 2.92. The first-order valence-corrected chi connectivity index (χ1v) is 3.71. The lowest BCUT2D eigenvalue weighted by molar-refractivity contribution is 0.0938. The van der Waals surface area contributed by atoms with Crippen molar-refractivity contribution in [3.8, 4) is 0 Å². The highest BCUT2D eigenvalue weighted by Crippen LogP contribution is 2.27. The molecule has 0 bridgehead atoms. The van der Waals surface area contributed by atoms with Crippen LogP contribution in [-0.4, -0.2) is 22.9 Å². The summed E-state index contributed by atoms with van der Waals surface area (Å²) in [5.41, 5.74) is 0. The molecule has 0 aromatic heterocycles. The molecular weight excluding hydrogens is 128 g/mol. The van der Waals surface area contributed by atoms with Gasteiger partial charge in [0, 0.05) is 12.5 Å². The zero-order chi connectivity index (χ0) is 7.56. The van der Waals surface area contributed by atoms with Crippen molar-refractivity contribution in [2.75, 3.05) is 6.61 Å². The Kier molecular flexibility index (Phi) is 2.46. The van der Waals surface area contributed by atoms with Gasteiger partial charge in [0.1, 0.15) is 0 Å². The molecule has 0 fully saturated rings. The van der Waals surface area contributed by atoms with Crippen molar-refractivity contribution in [2.45, 2.75) is 19.4 Å². The fourth-order valence-corrected chi connectivity index (χ4v) is 1.48. The Morgan fingerprint density at radius 2 is 2.40 bits per heavy atom. The first kappa shape index (κ1) is 7.76. The number of hydrogen-bond donors (Lipinski definition) is 2. The predicted octanol–water partition coefficient (Wildman–Crippen LogP) is 0.552. The third-order valence-corrected chi connectivity index (χ3v) is 2.13. The van der Waals surface area contributed by atoms with Crippen LogP contribution in [0.3, 0.4) is 0 Å². The summed E-state index contributed by atoms with van der Waals surface area (Å²) in [5.74, 6) is 0.421. The second-order valence-electron chi connectivity index (χ2n) is 2.92. The SMILES string of the molecule is CC(O)C1C=CCC1CO. The van der Waals surface area contributed by atoms with Gasteiger partial charge in [-0.15, -0.1) is 0 Å². The van der Waals surface area contributed by atoms with Crippen molar-refractivity contribution in [3.63, 3.8) is 0 Å². The summed E-state index contributed by atoms with van der Waals surface area (Å²) in [6.07, 6.45) is 4.60. The van der Waals surface area contributed by atoms with Crippen LogP contribution in [0.2, 0.25) is 0 Å². The first-order valence-electron chi connectivity index (χ1n) is 3.71. The van der Waals surface area contributed by atoms with Crippen molar-refractivity contribution in [3.05, 3.63) is 12.2 Å². The van der Waals surface area contributed by atoms with Crippen LogP contribution >= 0.6 is 0 Å². The van der Waals surface area contributed by atoms with Gasteiger partial charge in [-0.1, -0.05) is 12.2 Å². The maximum atomic E-state index is 9.19. The van der Waals surface area contributed by atoms with Crippen LogP contribution in [0, 0.1) is 11.8 Å². The molecule has 0 aromatic rings. The Hall–Kier alpha value is -0.340. The average molecular weight is 142 g/mol. The number of rotatable bonds is 2. The highest BCUT2D eigenvalue weighted by molar-refractivity contribution is 5.02. The van der Waals surface area contributed by atoms with E-state index in [1.54, 1.807) is 6.92 Å². The van der Waals surface area contributed by atoms with Crippen molar-refractivity contribution < 1.29 is 10.2 Å². The molecule has 0 radical (unpaired) electrons. The van der Waals surface area contributed by atoms with Gasteiger partial charge in [-0.2, -0.15) is 0 Å². The van der Waals surface area contributed by atoms with Gasteiger partial charge in [-0.3, -0.25) is 0 Å². The molecule has 0 aromatic carbocycles. The highest BCUT2D eigenvalue weighted by atomic mass is 16.3. The van der Waals surface area contributed by atoms with E-state index in [2.05, 4.69) is 0 Å². The number of aliphatic hydroxyl groups excluding tert-OH is 2. The molecule has 0 spiro atoms. The molecule has 0 amide bonds. The Labute approximate surface area is 61.2 Å². The van der Waals surface area contributed by atoms with E-state index in [-0.39, 0.29) is 24.5 Å². The fourth-order valence-electron chi connectivity index (χ4n) is 1.48. The van der Waals surface area contributed by atoms with Gasteiger partial charge in [-0.05, 0) is 19.3 Å².